The summed E-state index contributed by atoms with van der Waals surface area (Å²) in [6, 6.07) is 0.446. The second kappa shape index (κ2) is 3.90. The van der Waals surface area contributed by atoms with Crippen LogP contribution in [0.2, 0.25) is 0 Å². The van der Waals surface area contributed by atoms with Crippen molar-refractivity contribution in [2.75, 3.05) is 19.6 Å². The normalized spacial score (nSPS) is 24.7. The molecule has 1 fully saturated rings. The van der Waals surface area contributed by atoms with Crippen molar-refractivity contribution in [2.45, 2.75) is 26.8 Å². The van der Waals surface area contributed by atoms with Gasteiger partial charge in [0.2, 0.25) is 5.91 Å². The quantitative estimate of drug-likeness (QED) is 0.620. The van der Waals surface area contributed by atoms with Crippen LogP contribution in [0.4, 0.5) is 0 Å². The van der Waals surface area contributed by atoms with E-state index in [2.05, 4.69) is 12.2 Å². The number of carbonyl (C=O) groups excluding carboxylic acids is 1. The lowest BCUT2D eigenvalue weighted by Crippen LogP contribution is -2.52. The molecule has 3 nitrogen and oxygen atoms in total. The zero-order valence-corrected chi connectivity index (χ0v) is 8.13. The molecule has 0 spiro atoms. The lowest BCUT2D eigenvalue weighted by molar-refractivity contribution is -0.135. The fraction of sp³-hybridized carbons (Fsp3) is 0.889. The SMILES string of the molecule is CC1CN(C(=O)C(C)C)CCN1. The third-order valence-electron chi connectivity index (χ3n) is 2.17. The second-order valence-electron chi connectivity index (χ2n) is 3.79. The van der Waals surface area contributed by atoms with Crippen LogP contribution in [-0.2, 0) is 4.79 Å². The summed E-state index contributed by atoms with van der Waals surface area (Å²) < 4.78 is 0. The van der Waals surface area contributed by atoms with E-state index in [4.69, 9.17) is 0 Å². The first-order valence-electron chi connectivity index (χ1n) is 4.63. The summed E-state index contributed by atoms with van der Waals surface area (Å²) in [6.07, 6.45) is 0. The highest BCUT2D eigenvalue weighted by Crippen LogP contribution is 2.04. The Labute approximate surface area is 74.1 Å². The summed E-state index contributed by atoms with van der Waals surface area (Å²) in [7, 11) is 0. The largest absolute Gasteiger partial charge is 0.340 e. The van der Waals surface area contributed by atoms with Crippen LogP contribution in [0.5, 0.6) is 0 Å². The van der Waals surface area contributed by atoms with Crippen molar-refractivity contribution in [3.05, 3.63) is 0 Å². The summed E-state index contributed by atoms with van der Waals surface area (Å²) in [6.45, 7) is 8.67. The average molecular weight is 170 g/mol. The van der Waals surface area contributed by atoms with Crippen LogP contribution in [-0.4, -0.2) is 36.5 Å². The Morgan fingerprint density at radius 3 is 2.75 bits per heavy atom. The van der Waals surface area contributed by atoms with Crippen LogP contribution in [0.3, 0.4) is 0 Å². The van der Waals surface area contributed by atoms with Crippen molar-refractivity contribution in [3.8, 4) is 0 Å². The first-order chi connectivity index (χ1) is 5.61. The van der Waals surface area contributed by atoms with E-state index in [1.807, 2.05) is 18.7 Å². The average Bonchev–Trinajstić information content (AvgIpc) is 2.03. The zero-order chi connectivity index (χ0) is 9.14. The Hall–Kier alpha value is -0.570. The highest BCUT2D eigenvalue weighted by molar-refractivity contribution is 5.78. The van der Waals surface area contributed by atoms with Gasteiger partial charge in [-0.15, -0.1) is 0 Å². The highest BCUT2D eigenvalue weighted by Gasteiger charge is 2.21. The summed E-state index contributed by atoms with van der Waals surface area (Å²) in [5.74, 6) is 0.415. The Kier molecular flexibility index (Phi) is 3.09. The second-order valence-corrected chi connectivity index (χ2v) is 3.79. The molecule has 12 heavy (non-hydrogen) atoms. The fourth-order valence-electron chi connectivity index (χ4n) is 1.50. The predicted octanol–water partition coefficient (Wildman–Crippen LogP) is 0.463. The molecule has 1 heterocycles. The van der Waals surface area contributed by atoms with Gasteiger partial charge in [-0.05, 0) is 6.92 Å². The molecule has 3 heteroatoms. The van der Waals surface area contributed by atoms with Gasteiger partial charge < -0.3 is 10.2 Å². The Morgan fingerprint density at radius 2 is 2.25 bits per heavy atom. The molecule has 0 saturated carbocycles. The predicted molar refractivity (Wildman–Crippen MR) is 48.9 cm³/mol. The van der Waals surface area contributed by atoms with E-state index >= 15 is 0 Å². The fourth-order valence-corrected chi connectivity index (χ4v) is 1.50. The summed E-state index contributed by atoms with van der Waals surface area (Å²) in [4.78, 5) is 13.5. The van der Waals surface area contributed by atoms with E-state index in [0.717, 1.165) is 19.6 Å². The minimum Gasteiger partial charge on any atom is -0.340 e. The maximum Gasteiger partial charge on any atom is 0.225 e. The summed E-state index contributed by atoms with van der Waals surface area (Å²) >= 11 is 0. The molecular weight excluding hydrogens is 152 g/mol. The van der Waals surface area contributed by atoms with Gasteiger partial charge in [-0.1, -0.05) is 13.8 Å². The molecule has 1 atom stereocenters. The molecule has 1 saturated heterocycles. The molecule has 0 radical (unpaired) electrons. The van der Waals surface area contributed by atoms with E-state index in [9.17, 15) is 4.79 Å². The van der Waals surface area contributed by atoms with Crippen LogP contribution < -0.4 is 5.32 Å². The van der Waals surface area contributed by atoms with Crippen molar-refractivity contribution in [3.63, 3.8) is 0 Å². The zero-order valence-electron chi connectivity index (χ0n) is 8.13. The van der Waals surface area contributed by atoms with Gasteiger partial charge in [-0.25, -0.2) is 0 Å². The number of hydrogen-bond acceptors (Lipinski definition) is 2. The van der Waals surface area contributed by atoms with Gasteiger partial charge in [0.25, 0.3) is 0 Å². The van der Waals surface area contributed by atoms with Gasteiger partial charge in [0, 0.05) is 31.6 Å². The molecule has 0 aliphatic carbocycles. The van der Waals surface area contributed by atoms with Crippen molar-refractivity contribution in [2.24, 2.45) is 5.92 Å². The lowest BCUT2D eigenvalue weighted by Gasteiger charge is -2.33. The Balaban J connectivity index is 2.46. The van der Waals surface area contributed by atoms with Crippen LogP contribution in [0.15, 0.2) is 0 Å². The summed E-state index contributed by atoms with van der Waals surface area (Å²) in [5.41, 5.74) is 0. The number of amides is 1. The maximum atomic E-state index is 11.5. The molecule has 1 aliphatic rings. The van der Waals surface area contributed by atoms with E-state index in [1.165, 1.54) is 0 Å². The first kappa shape index (κ1) is 9.52. The van der Waals surface area contributed by atoms with E-state index in [1.54, 1.807) is 0 Å². The third kappa shape index (κ3) is 2.21. The van der Waals surface area contributed by atoms with Crippen molar-refractivity contribution >= 4 is 5.91 Å². The van der Waals surface area contributed by atoms with Crippen LogP contribution in [0, 0.1) is 5.92 Å². The van der Waals surface area contributed by atoms with Gasteiger partial charge in [0.1, 0.15) is 0 Å². The monoisotopic (exact) mass is 170 g/mol. The van der Waals surface area contributed by atoms with Crippen molar-refractivity contribution in [1.29, 1.82) is 0 Å². The number of piperazine rings is 1. The molecular formula is C9H18N2O. The molecule has 0 bridgehead atoms. The third-order valence-corrected chi connectivity index (χ3v) is 2.17. The van der Waals surface area contributed by atoms with Crippen LogP contribution >= 0.6 is 0 Å². The van der Waals surface area contributed by atoms with E-state index < -0.39 is 0 Å². The van der Waals surface area contributed by atoms with Crippen LogP contribution in [0.25, 0.3) is 0 Å². The lowest BCUT2D eigenvalue weighted by atomic mass is 10.1. The van der Waals surface area contributed by atoms with Crippen LogP contribution in [0.1, 0.15) is 20.8 Å². The van der Waals surface area contributed by atoms with Crippen molar-refractivity contribution < 1.29 is 4.79 Å². The maximum absolute atomic E-state index is 11.5. The molecule has 0 aromatic carbocycles. The number of carbonyl (C=O) groups is 1. The topological polar surface area (TPSA) is 32.3 Å². The van der Waals surface area contributed by atoms with E-state index in [-0.39, 0.29) is 11.8 Å². The molecule has 1 aliphatic heterocycles. The molecule has 70 valence electrons. The minimum atomic E-state index is 0.135. The standard InChI is InChI=1S/C9H18N2O/c1-7(2)9(12)11-5-4-10-8(3)6-11/h7-8,10H,4-6H2,1-3H3. The first-order valence-corrected chi connectivity index (χ1v) is 4.63. The number of nitrogens with zero attached hydrogens (tertiary/aromatic N) is 1. The van der Waals surface area contributed by atoms with Gasteiger partial charge in [0.05, 0.1) is 0 Å². The molecule has 1 unspecified atom stereocenters. The van der Waals surface area contributed by atoms with E-state index in [0.29, 0.717) is 6.04 Å². The minimum absolute atomic E-state index is 0.135. The highest BCUT2D eigenvalue weighted by atomic mass is 16.2. The van der Waals surface area contributed by atoms with Gasteiger partial charge in [-0.2, -0.15) is 0 Å². The smallest absolute Gasteiger partial charge is 0.225 e. The van der Waals surface area contributed by atoms with Gasteiger partial charge in [0.15, 0.2) is 0 Å². The van der Waals surface area contributed by atoms with Gasteiger partial charge >= 0.3 is 0 Å². The molecule has 1 rings (SSSR count). The Bertz CT molecular complexity index is 168. The molecule has 1 amide bonds. The van der Waals surface area contributed by atoms with Crippen molar-refractivity contribution in [1.82, 2.24) is 10.2 Å². The molecule has 0 aromatic rings. The number of rotatable bonds is 1. The number of nitrogens with one attached hydrogen (secondary N) is 1. The molecule has 1 N–H and O–H groups in total. The molecule has 0 aromatic heterocycles. The number of hydrogen-bond donors (Lipinski definition) is 1. The Morgan fingerprint density at radius 1 is 1.58 bits per heavy atom. The summed E-state index contributed by atoms with van der Waals surface area (Å²) in [5, 5.41) is 3.31. The van der Waals surface area contributed by atoms with Gasteiger partial charge in [-0.3, -0.25) is 4.79 Å².